The third kappa shape index (κ3) is 5.27. The smallest absolute Gasteiger partial charge is 0.323 e. The van der Waals surface area contributed by atoms with Crippen LogP contribution in [-0.2, 0) is 16.1 Å². The Kier molecular flexibility index (Phi) is 7.27. The lowest BCUT2D eigenvalue weighted by Gasteiger charge is -2.19. The van der Waals surface area contributed by atoms with Gasteiger partial charge in [0, 0.05) is 12.6 Å². The first-order valence-electron chi connectivity index (χ1n) is 7.18. The van der Waals surface area contributed by atoms with E-state index < -0.39 is 11.0 Å². The van der Waals surface area contributed by atoms with Gasteiger partial charge in [0.25, 0.3) is 5.69 Å². The molecule has 1 atom stereocenters. The minimum Gasteiger partial charge on any atom is -0.465 e. The Bertz CT molecular complexity index is 534. The number of nitrogens with one attached hydrogen (secondary N) is 1. The molecule has 0 aliphatic carbocycles. The highest BCUT2D eigenvalue weighted by Gasteiger charge is 2.23. The number of benzene rings is 1. The number of halogens is 1. The number of rotatable bonds is 8. The average molecular weight is 329 g/mol. The summed E-state index contributed by atoms with van der Waals surface area (Å²) < 4.78 is 5.03. The summed E-state index contributed by atoms with van der Waals surface area (Å²) in [4.78, 5) is 22.5. The van der Waals surface area contributed by atoms with E-state index in [4.69, 9.17) is 16.3 Å². The molecule has 0 aliphatic heterocycles. The van der Waals surface area contributed by atoms with Gasteiger partial charge in [-0.25, -0.2) is 0 Å². The third-order valence-corrected chi connectivity index (χ3v) is 3.45. The maximum Gasteiger partial charge on any atom is 0.323 e. The van der Waals surface area contributed by atoms with Gasteiger partial charge in [-0.05, 0) is 25.3 Å². The molecule has 0 saturated heterocycles. The number of nitrogens with zero attached hydrogens (tertiary/aromatic N) is 1. The minimum atomic E-state index is -0.518. The molecule has 0 spiro atoms. The zero-order valence-corrected chi connectivity index (χ0v) is 13.7. The van der Waals surface area contributed by atoms with Crippen molar-refractivity contribution in [1.82, 2.24) is 5.32 Å². The fourth-order valence-electron chi connectivity index (χ4n) is 2.10. The molecule has 1 N–H and O–H groups in total. The van der Waals surface area contributed by atoms with Crippen molar-refractivity contribution < 1.29 is 14.5 Å². The largest absolute Gasteiger partial charge is 0.465 e. The lowest BCUT2D eigenvalue weighted by Crippen LogP contribution is -2.39. The Morgan fingerprint density at radius 2 is 2.14 bits per heavy atom. The molecule has 0 aromatic heterocycles. The van der Waals surface area contributed by atoms with Crippen LogP contribution in [0.25, 0.3) is 0 Å². The van der Waals surface area contributed by atoms with Crippen LogP contribution in [0.2, 0.25) is 5.02 Å². The van der Waals surface area contributed by atoms with E-state index in [2.05, 4.69) is 5.32 Å². The number of ether oxygens (including phenoxy) is 1. The summed E-state index contributed by atoms with van der Waals surface area (Å²) in [5.74, 6) is -0.0750. The normalized spacial score (nSPS) is 12.2. The molecule has 0 amide bonds. The number of esters is 1. The van der Waals surface area contributed by atoms with E-state index >= 15 is 0 Å². The molecule has 1 aromatic carbocycles. The topological polar surface area (TPSA) is 81.5 Å². The predicted molar refractivity (Wildman–Crippen MR) is 84.8 cm³/mol. The third-order valence-electron chi connectivity index (χ3n) is 3.09. The van der Waals surface area contributed by atoms with Crippen molar-refractivity contribution >= 4 is 23.3 Å². The molecule has 0 aliphatic rings. The number of hydrogen-bond acceptors (Lipinski definition) is 5. The van der Waals surface area contributed by atoms with Gasteiger partial charge in [0.2, 0.25) is 0 Å². The van der Waals surface area contributed by atoms with E-state index in [0.717, 1.165) is 0 Å². The summed E-state index contributed by atoms with van der Waals surface area (Å²) >= 11 is 6.04. The van der Waals surface area contributed by atoms with Gasteiger partial charge in [0.1, 0.15) is 6.04 Å². The van der Waals surface area contributed by atoms with E-state index in [1.807, 2.05) is 13.8 Å². The van der Waals surface area contributed by atoms with Crippen LogP contribution < -0.4 is 5.32 Å². The number of carbonyl (C=O) groups is 1. The van der Waals surface area contributed by atoms with Crippen molar-refractivity contribution in [1.29, 1.82) is 0 Å². The standard InChI is InChI=1S/C15H21ClN2O4/c1-4-22-15(19)13(8-10(2)3)17-9-11-12(16)6-5-7-14(11)18(20)21/h5-7,10,13,17H,4,8-9H2,1-3H3/t13-/m1/s1. The van der Waals surface area contributed by atoms with Crippen LogP contribution >= 0.6 is 11.6 Å². The van der Waals surface area contributed by atoms with E-state index in [1.165, 1.54) is 12.1 Å². The van der Waals surface area contributed by atoms with E-state index in [1.54, 1.807) is 13.0 Å². The van der Waals surface area contributed by atoms with Crippen LogP contribution in [0.15, 0.2) is 18.2 Å². The van der Waals surface area contributed by atoms with Crippen molar-refractivity contribution in [3.63, 3.8) is 0 Å². The summed E-state index contributed by atoms with van der Waals surface area (Å²) in [5.41, 5.74) is 0.305. The number of carbonyl (C=O) groups excluding carboxylic acids is 1. The molecule has 0 fully saturated rings. The van der Waals surface area contributed by atoms with Gasteiger partial charge in [-0.1, -0.05) is 31.5 Å². The lowest BCUT2D eigenvalue weighted by atomic mass is 10.0. The molecule has 122 valence electrons. The first kappa shape index (κ1) is 18.4. The lowest BCUT2D eigenvalue weighted by molar-refractivity contribution is -0.385. The molecule has 1 aromatic rings. The second-order valence-electron chi connectivity index (χ2n) is 5.31. The van der Waals surface area contributed by atoms with Gasteiger partial charge in [-0.3, -0.25) is 20.2 Å². The first-order valence-corrected chi connectivity index (χ1v) is 7.56. The molecule has 22 heavy (non-hydrogen) atoms. The Morgan fingerprint density at radius 3 is 2.68 bits per heavy atom. The van der Waals surface area contributed by atoms with Crippen molar-refractivity contribution in [3.8, 4) is 0 Å². The quantitative estimate of drug-likeness (QED) is 0.450. The van der Waals surface area contributed by atoms with Crippen molar-refractivity contribution in [3.05, 3.63) is 38.9 Å². The average Bonchev–Trinajstić information content (AvgIpc) is 2.43. The zero-order valence-electron chi connectivity index (χ0n) is 13.0. The van der Waals surface area contributed by atoms with Gasteiger partial charge >= 0.3 is 5.97 Å². The van der Waals surface area contributed by atoms with E-state index in [-0.39, 0.29) is 24.1 Å². The van der Waals surface area contributed by atoms with Crippen molar-refractivity contribution in [2.75, 3.05) is 6.61 Å². The number of hydrogen-bond donors (Lipinski definition) is 1. The monoisotopic (exact) mass is 328 g/mol. The SMILES string of the molecule is CCOC(=O)[C@@H](CC(C)C)NCc1c(Cl)cccc1[N+](=O)[O-]. The molecule has 0 saturated carbocycles. The maximum atomic E-state index is 12.0. The van der Waals surface area contributed by atoms with Gasteiger partial charge in [-0.2, -0.15) is 0 Å². The Balaban J connectivity index is 2.89. The predicted octanol–water partition coefficient (Wildman–Crippen LogP) is 3.32. The van der Waals surface area contributed by atoms with Crippen LogP contribution in [-0.4, -0.2) is 23.5 Å². The van der Waals surface area contributed by atoms with Crippen molar-refractivity contribution in [2.45, 2.75) is 39.8 Å². The van der Waals surface area contributed by atoms with Crippen LogP contribution in [0.3, 0.4) is 0 Å². The maximum absolute atomic E-state index is 12.0. The molecule has 6 nitrogen and oxygen atoms in total. The Morgan fingerprint density at radius 1 is 1.45 bits per heavy atom. The summed E-state index contributed by atoms with van der Waals surface area (Å²) in [6.45, 7) is 6.15. The molecule has 0 unspecified atom stereocenters. The van der Waals surface area contributed by atoms with Crippen LogP contribution in [0.4, 0.5) is 5.69 Å². The number of nitro benzene ring substituents is 1. The van der Waals surface area contributed by atoms with Gasteiger partial charge in [0.05, 0.1) is 22.1 Å². The summed E-state index contributed by atoms with van der Waals surface area (Å²) in [5, 5.41) is 14.4. The summed E-state index contributed by atoms with van der Waals surface area (Å²) in [6.07, 6.45) is 0.580. The molecular formula is C15H21ClN2O4. The molecular weight excluding hydrogens is 308 g/mol. The molecule has 1 rings (SSSR count). The highest BCUT2D eigenvalue weighted by atomic mass is 35.5. The first-order chi connectivity index (χ1) is 10.4. The second kappa shape index (κ2) is 8.70. The highest BCUT2D eigenvalue weighted by molar-refractivity contribution is 6.31. The fourth-order valence-corrected chi connectivity index (χ4v) is 2.33. The van der Waals surface area contributed by atoms with Crippen molar-refractivity contribution in [2.24, 2.45) is 5.92 Å². The minimum absolute atomic E-state index is 0.0628. The molecule has 0 radical (unpaired) electrons. The summed E-state index contributed by atoms with van der Waals surface area (Å²) in [7, 11) is 0. The van der Waals surface area contributed by atoms with Crippen LogP contribution in [0.1, 0.15) is 32.8 Å². The van der Waals surface area contributed by atoms with E-state index in [0.29, 0.717) is 23.6 Å². The summed E-state index contributed by atoms with van der Waals surface area (Å²) in [6, 6.07) is 4.00. The molecule has 0 bridgehead atoms. The van der Waals surface area contributed by atoms with Crippen LogP contribution in [0.5, 0.6) is 0 Å². The Hall–Kier alpha value is -1.66. The van der Waals surface area contributed by atoms with Gasteiger partial charge in [0.15, 0.2) is 0 Å². The highest BCUT2D eigenvalue weighted by Crippen LogP contribution is 2.26. The van der Waals surface area contributed by atoms with Gasteiger partial charge < -0.3 is 4.74 Å². The Labute approximate surface area is 134 Å². The van der Waals surface area contributed by atoms with Crippen LogP contribution in [0, 0.1) is 16.0 Å². The molecule has 7 heteroatoms. The molecule has 0 heterocycles. The van der Waals surface area contributed by atoms with Gasteiger partial charge in [-0.15, -0.1) is 0 Å². The number of nitro groups is 1. The second-order valence-corrected chi connectivity index (χ2v) is 5.72. The van der Waals surface area contributed by atoms with E-state index in [9.17, 15) is 14.9 Å². The zero-order chi connectivity index (χ0) is 16.7. The fraction of sp³-hybridized carbons (Fsp3) is 0.533.